The smallest absolute Gasteiger partial charge is 0.0372 e. The molecule has 1 fully saturated rings. The van der Waals surface area contributed by atoms with Gasteiger partial charge in [0, 0.05) is 16.2 Å². The van der Waals surface area contributed by atoms with Gasteiger partial charge in [0.25, 0.3) is 0 Å². The van der Waals surface area contributed by atoms with Gasteiger partial charge in [0.05, 0.1) is 0 Å². The number of halogens is 1. The van der Waals surface area contributed by atoms with E-state index in [0.717, 1.165) is 22.2 Å². The third kappa shape index (κ3) is 3.75. The van der Waals surface area contributed by atoms with Gasteiger partial charge in [-0.3, -0.25) is 0 Å². The van der Waals surface area contributed by atoms with Gasteiger partial charge in [0.1, 0.15) is 0 Å². The molecule has 1 aromatic rings. The molecule has 0 saturated heterocycles. The van der Waals surface area contributed by atoms with Crippen molar-refractivity contribution < 1.29 is 0 Å². The zero-order valence-electron chi connectivity index (χ0n) is 12.5. The molecule has 3 atom stereocenters. The van der Waals surface area contributed by atoms with E-state index in [1.165, 1.54) is 30.5 Å². The highest BCUT2D eigenvalue weighted by molar-refractivity contribution is 9.10. The molecular formula is C17H26BrN. The topological polar surface area (TPSA) is 12.0 Å². The second kappa shape index (κ2) is 6.30. The molecule has 106 valence electrons. The summed E-state index contributed by atoms with van der Waals surface area (Å²) in [6.07, 6.45) is 4.06. The quantitative estimate of drug-likeness (QED) is 0.760. The van der Waals surface area contributed by atoms with Crippen LogP contribution >= 0.6 is 15.9 Å². The molecule has 1 saturated carbocycles. The van der Waals surface area contributed by atoms with Gasteiger partial charge in [0.2, 0.25) is 0 Å². The van der Waals surface area contributed by atoms with Crippen LogP contribution in [-0.2, 0) is 0 Å². The molecule has 2 rings (SSSR count). The largest absolute Gasteiger partial charge is 0.382 e. The van der Waals surface area contributed by atoms with Crippen LogP contribution in [0.25, 0.3) is 0 Å². The molecule has 0 heterocycles. The summed E-state index contributed by atoms with van der Waals surface area (Å²) in [6, 6.07) is 7.16. The van der Waals surface area contributed by atoms with Crippen molar-refractivity contribution >= 4 is 21.6 Å². The minimum absolute atomic E-state index is 0.628. The molecule has 1 N–H and O–H groups in total. The maximum atomic E-state index is 3.82. The number of benzene rings is 1. The molecule has 1 aliphatic carbocycles. The fraction of sp³-hybridized carbons (Fsp3) is 0.647. The lowest BCUT2D eigenvalue weighted by Crippen LogP contribution is -2.38. The van der Waals surface area contributed by atoms with E-state index in [9.17, 15) is 0 Å². The Hall–Kier alpha value is -0.500. The molecule has 3 unspecified atom stereocenters. The molecule has 1 nitrogen and oxygen atoms in total. The van der Waals surface area contributed by atoms with Crippen molar-refractivity contribution in [3.8, 4) is 0 Å². The van der Waals surface area contributed by atoms with Crippen LogP contribution in [-0.4, -0.2) is 6.04 Å². The Morgan fingerprint density at radius 2 is 2.00 bits per heavy atom. The number of aryl methyl sites for hydroxylation is 1. The Labute approximate surface area is 126 Å². The van der Waals surface area contributed by atoms with Crippen molar-refractivity contribution in [3.05, 3.63) is 28.2 Å². The average molecular weight is 324 g/mol. The minimum Gasteiger partial charge on any atom is -0.382 e. The Morgan fingerprint density at radius 1 is 1.26 bits per heavy atom. The minimum atomic E-state index is 0.628. The highest BCUT2D eigenvalue weighted by atomic mass is 79.9. The van der Waals surface area contributed by atoms with Crippen LogP contribution in [0.4, 0.5) is 5.69 Å². The molecule has 0 amide bonds. The van der Waals surface area contributed by atoms with Crippen LogP contribution in [0.1, 0.15) is 45.6 Å². The summed E-state index contributed by atoms with van der Waals surface area (Å²) in [6.45, 7) is 9.30. The van der Waals surface area contributed by atoms with Gasteiger partial charge in [-0.1, -0.05) is 43.1 Å². The number of nitrogens with one attached hydrogen (secondary N) is 1. The Morgan fingerprint density at radius 3 is 2.63 bits per heavy atom. The van der Waals surface area contributed by atoms with Gasteiger partial charge in [0.15, 0.2) is 0 Å². The first kappa shape index (κ1) is 14.9. The highest BCUT2D eigenvalue weighted by Crippen LogP contribution is 2.35. The number of rotatable bonds is 3. The van der Waals surface area contributed by atoms with Gasteiger partial charge in [-0.15, -0.1) is 0 Å². The Kier molecular flexibility index (Phi) is 4.94. The summed E-state index contributed by atoms with van der Waals surface area (Å²) >= 11 is 3.54. The van der Waals surface area contributed by atoms with Crippen LogP contribution in [0.15, 0.2) is 22.7 Å². The van der Waals surface area contributed by atoms with Gasteiger partial charge in [-0.05, 0) is 61.3 Å². The molecule has 0 radical (unpaired) electrons. The Balaban J connectivity index is 2.14. The fourth-order valence-electron chi connectivity index (χ4n) is 3.36. The zero-order chi connectivity index (χ0) is 14.0. The van der Waals surface area contributed by atoms with Crippen LogP contribution in [0, 0.1) is 24.7 Å². The van der Waals surface area contributed by atoms with Crippen molar-refractivity contribution in [2.45, 2.75) is 53.0 Å². The maximum absolute atomic E-state index is 3.82. The van der Waals surface area contributed by atoms with Crippen molar-refractivity contribution in [1.82, 2.24) is 0 Å². The van der Waals surface area contributed by atoms with Gasteiger partial charge >= 0.3 is 0 Å². The summed E-state index contributed by atoms with van der Waals surface area (Å²) in [7, 11) is 0. The van der Waals surface area contributed by atoms with E-state index in [2.05, 4.69) is 67.1 Å². The molecular weight excluding hydrogens is 298 g/mol. The summed E-state index contributed by atoms with van der Waals surface area (Å²) in [5.41, 5.74) is 2.63. The first-order valence-corrected chi connectivity index (χ1v) is 8.29. The average Bonchev–Trinajstić information content (AvgIpc) is 2.32. The first-order valence-electron chi connectivity index (χ1n) is 7.50. The lowest BCUT2D eigenvalue weighted by Gasteiger charge is -2.38. The fourth-order valence-corrected chi connectivity index (χ4v) is 3.83. The molecule has 1 aromatic carbocycles. The standard InChI is InChI=1S/C17H26BrN/c1-11(2)15-7-5-12(3)9-17(15)19-16-8-6-14(18)10-13(16)4/h6,8,10-12,15,17,19H,5,7,9H2,1-4H3. The van der Waals surface area contributed by atoms with E-state index in [-0.39, 0.29) is 0 Å². The molecule has 19 heavy (non-hydrogen) atoms. The number of hydrogen-bond acceptors (Lipinski definition) is 1. The van der Waals surface area contributed by atoms with Crippen molar-refractivity contribution in [3.63, 3.8) is 0 Å². The monoisotopic (exact) mass is 323 g/mol. The second-order valence-electron chi connectivity index (χ2n) is 6.54. The summed E-state index contributed by atoms with van der Waals surface area (Å²) in [5.74, 6) is 2.42. The molecule has 2 heteroatoms. The third-order valence-electron chi connectivity index (χ3n) is 4.55. The van der Waals surface area contributed by atoms with E-state index >= 15 is 0 Å². The maximum Gasteiger partial charge on any atom is 0.0372 e. The van der Waals surface area contributed by atoms with E-state index in [1.54, 1.807) is 0 Å². The van der Waals surface area contributed by atoms with E-state index in [4.69, 9.17) is 0 Å². The second-order valence-corrected chi connectivity index (χ2v) is 7.45. The van der Waals surface area contributed by atoms with Gasteiger partial charge < -0.3 is 5.32 Å². The zero-order valence-corrected chi connectivity index (χ0v) is 14.1. The van der Waals surface area contributed by atoms with Crippen molar-refractivity contribution in [2.24, 2.45) is 17.8 Å². The van der Waals surface area contributed by atoms with Crippen LogP contribution in [0.3, 0.4) is 0 Å². The molecule has 0 spiro atoms. The van der Waals surface area contributed by atoms with Crippen molar-refractivity contribution in [2.75, 3.05) is 5.32 Å². The molecule has 0 aromatic heterocycles. The van der Waals surface area contributed by atoms with E-state index in [0.29, 0.717) is 6.04 Å². The summed E-state index contributed by atoms with van der Waals surface area (Å²) in [5, 5.41) is 3.82. The highest BCUT2D eigenvalue weighted by Gasteiger charge is 2.30. The summed E-state index contributed by atoms with van der Waals surface area (Å²) < 4.78 is 1.16. The van der Waals surface area contributed by atoms with E-state index in [1.807, 2.05) is 0 Å². The SMILES string of the molecule is Cc1cc(Br)ccc1NC1CC(C)CCC1C(C)C. The predicted molar refractivity (Wildman–Crippen MR) is 87.6 cm³/mol. The lowest BCUT2D eigenvalue weighted by atomic mass is 9.74. The van der Waals surface area contributed by atoms with E-state index < -0.39 is 0 Å². The predicted octanol–water partition coefficient (Wildman–Crippen LogP) is 5.63. The molecule has 0 aliphatic heterocycles. The van der Waals surface area contributed by atoms with Gasteiger partial charge in [-0.2, -0.15) is 0 Å². The van der Waals surface area contributed by atoms with Gasteiger partial charge in [-0.25, -0.2) is 0 Å². The van der Waals surface area contributed by atoms with Crippen molar-refractivity contribution in [1.29, 1.82) is 0 Å². The lowest BCUT2D eigenvalue weighted by molar-refractivity contribution is 0.212. The first-order chi connectivity index (χ1) is 8.97. The van der Waals surface area contributed by atoms with Crippen LogP contribution in [0.5, 0.6) is 0 Å². The normalized spacial score (nSPS) is 27.6. The number of anilines is 1. The third-order valence-corrected chi connectivity index (χ3v) is 5.04. The van der Waals surface area contributed by atoms with Crippen LogP contribution < -0.4 is 5.32 Å². The molecule has 0 bridgehead atoms. The van der Waals surface area contributed by atoms with Crippen LogP contribution in [0.2, 0.25) is 0 Å². The Bertz CT molecular complexity index is 427. The summed E-state index contributed by atoms with van der Waals surface area (Å²) in [4.78, 5) is 0. The number of hydrogen-bond donors (Lipinski definition) is 1. The molecule has 1 aliphatic rings.